The van der Waals surface area contributed by atoms with Gasteiger partial charge in [0.05, 0.1) is 18.2 Å². The van der Waals surface area contributed by atoms with Crippen molar-refractivity contribution in [2.24, 2.45) is 5.92 Å². The van der Waals surface area contributed by atoms with Gasteiger partial charge in [-0.1, -0.05) is 49.2 Å². The minimum absolute atomic E-state index is 0.00491. The Bertz CT molecular complexity index is 900. The monoisotopic (exact) mass is 423 g/mol. The molecule has 1 heterocycles. The van der Waals surface area contributed by atoms with Crippen LogP contribution in [0.15, 0.2) is 48.5 Å². The number of hydrogen-bond acceptors (Lipinski definition) is 4. The second kappa shape index (κ2) is 9.31. The number of fused-ring (bicyclic) bond motifs is 1. The summed E-state index contributed by atoms with van der Waals surface area (Å²) in [6, 6.07) is 15.2. The Morgan fingerprint density at radius 3 is 2.74 bits per heavy atom. The summed E-state index contributed by atoms with van der Waals surface area (Å²) in [7, 11) is 0. The number of likely N-dealkylation sites (tertiary alicyclic amines) is 1. The van der Waals surface area contributed by atoms with Crippen LogP contribution in [-0.4, -0.2) is 39.8 Å². The number of phenolic OH excluding ortho intramolecular Hbond substituents is 1. The summed E-state index contributed by atoms with van der Waals surface area (Å²) >= 11 is 0. The van der Waals surface area contributed by atoms with Crippen molar-refractivity contribution in [3.8, 4) is 11.5 Å². The fourth-order valence-electron chi connectivity index (χ4n) is 5.40. The van der Waals surface area contributed by atoms with E-state index in [-0.39, 0.29) is 23.6 Å². The van der Waals surface area contributed by atoms with Gasteiger partial charge in [0.1, 0.15) is 0 Å². The number of aromatic hydroxyl groups is 1. The van der Waals surface area contributed by atoms with Crippen LogP contribution in [0.2, 0.25) is 0 Å². The number of amides is 1. The van der Waals surface area contributed by atoms with Crippen LogP contribution in [0, 0.1) is 5.92 Å². The fourth-order valence-corrected chi connectivity index (χ4v) is 5.40. The molecule has 5 heteroatoms. The van der Waals surface area contributed by atoms with E-state index in [4.69, 9.17) is 4.74 Å². The van der Waals surface area contributed by atoms with E-state index in [1.807, 2.05) is 42.2 Å². The third-order valence-corrected chi connectivity index (χ3v) is 6.98. The SMILES string of the molecule is CCOc1cc(C2C3CCCCC3(O)CCN2C(=O)CCc2ccccc2)ccc1O. The molecule has 1 saturated carbocycles. The number of carbonyl (C=O) groups is 1. The molecule has 5 nitrogen and oxygen atoms in total. The normalized spacial score (nSPS) is 25.7. The average molecular weight is 424 g/mol. The molecule has 0 aromatic heterocycles. The van der Waals surface area contributed by atoms with Crippen LogP contribution in [0.3, 0.4) is 0 Å². The van der Waals surface area contributed by atoms with Gasteiger partial charge in [0.25, 0.3) is 0 Å². The highest BCUT2D eigenvalue weighted by Crippen LogP contribution is 2.50. The van der Waals surface area contributed by atoms with Gasteiger partial charge in [-0.05, 0) is 55.9 Å². The highest BCUT2D eigenvalue weighted by atomic mass is 16.5. The lowest BCUT2D eigenvalue weighted by molar-refractivity contribution is -0.155. The first kappa shape index (κ1) is 21.7. The van der Waals surface area contributed by atoms with Gasteiger partial charge in [0.15, 0.2) is 11.5 Å². The number of benzene rings is 2. The predicted octanol–water partition coefficient (Wildman–Crippen LogP) is 4.62. The Balaban J connectivity index is 1.63. The van der Waals surface area contributed by atoms with Crippen molar-refractivity contribution in [1.29, 1.82) is 0 Å². The van der Waals surface area contributed by atoms with Gasteiger partial charge < -0.3 is 19.8 Å². The summed E-state index contributed by atoms with van der Waals surface area (Å²) in [5, 5.41) is 21.6. The number of aliphatic hydroxyl groups is 1. The second-order valence-electron chi connectivity index (χ2n) is 8.88. The molecule has 2 aromatic rings. The van der Waals surface area contributed by atoms with Gasteiger partial charge in [-0.25, -0.2) is 0 Å². The van der Waals surface area contributed by atoms with Gasteiger partial charge in [-0.3, -0.25) is 4.79 Å². The molecule has 4 rings (SSSR count). The van der Waals surface area contributed by atoms with E-state index in [2.05, 4.69) is 12.1 Å². The van der Waals surface area contributed by atoms with Gasteiger partial charge >= 0.3 is 0 Å². The minimum atomic E-state index is -0.733. The molecule has 31 heavy (non-hydrogen) atoms. The van der Waals surface area contributed by atoms with E-state index in [9.17, 15) is 15.0 Å². The van der Waals surface area contributed by atoms with Gasteiger partial charge in [0.2, 0.25) is 5.91 Å². The standard InChI is InChI=1S/C26H33NO4/c1-2-31-23-18-20(12-13-22(23)28)25-21-10-6-7-15-26(21,30)16-17-27(25)24(29)14-11-19-8-4-3-5-9-19/h3-5,8-9,12-13,18,21,25,28,30H,2,6-7,10-11,14-17H2,1H3. The van der Waals surface area contributed by atoms with E-state index < -0.39 is 5.60 Å². The zero-order chi connectivity index (χ0) is 21.8. The molecule has 166 valence electrons. The zero-order valence-corrected chi connectivity index (χ0v) is 18.3. The maximum absolute atomic E-state index is 13.4. The molecule has 0 radical (unpaired) electrons. The van der Waals surface area contributed by atoms with Crippen LogP contribution in [0.4, 0.5) is 0 Å². The van der Waals surface area contributed by atoms with E-state index in [1.54, 1.807) is 6.07 Å². The topological polar surface area (TPSA) is 70.0 Å². The highest BCUT2D eigenvalue weighted by Gasteiger charge is 2.50. The van der Waals surface area contributed by atoms with Crippen molar-refractivity contribution in [2.75, 3.05) is 13.2 Å². The number of rotatable bonds is 6. The first-order valence-corrected chi connectivity index (χ1v) is 11.5. The first-order chi connectivity index (χ1) is 15.0. The Hall–Kier alpha value is -2.53. The number of carbonyl (C=O) groups excluding carboxylic acids is 1. The number of phenols is 1. The lowest BCUT2D eigenvalue weighted by Gasteiger charge is -2.52. The maximum atomic E-state index is 13.4. The van der Waals surface area contributed by atoms with Crippen LogP contribution >= 0.6 is 0 Å². The number of ether oxygens (including phenoxy) is 1. The van der Waals surface area contributed by atoms with E-state index in [1.165, 1.54) is 0 Å². The molecule has 2 fully saturated rings. The Morgan fingerprint density at radius 2 is 1.97 bits per heavy atom. The molecule has 2 aromatic carbocycles. The Labute approximate surface area is 184 Å². The summed E-state index contributed by atoms with van der Waals surface area (Å²) in [5.41, 5.74) is 1.35. The second-order valence-corrected chi connectivity index (χ2v) is 8.88. The lowest BCUT2D eigenvalue weighted by Crippen LogP contribution is -2.56. The molecule has 1 saturated heterocycles. The average Bonchev–Trinajstić information content (AvgIpc) is 2.79. The Morgan fingerprint density at radius 1 is 1.16 bits per heavy atom. The van der Waals surface area contributed by atoms with Crippen molar-refractivity contribution in [3.63, 3.8) is 0 Å². The minimum Gasteiger partial charge on any atom is -0.504 e. The third kappa shape index (κ3) is 4.57. The van der Waals surface area contributed by atoms with Crippen molar-refractivity contribution in [3.05, 3.63) is 59.7 Å². The van der Waals surface area contributed by atoms with Gasteiger partial charge in [-0.2, -0.15) is 0 Å². The van der Waals surface area contributed by atoms with Gasteiger partial charge in [0, 0.05) is 18.9 Å². The summed E-state index contributed by atoms with van der Waals surface area (Å²) in [5.74, 6) is 0.645. The summed E-state index contributed by atoms with van der Waals surface area (Å²) in [6.07, 6.45) is 5.56. The van der Waals surface area contributed by atoms with Gasteiger partial charge in [-0.15, -0.1) is 0 Å². The van der Waals surface area contributed by atoms with Crippen molar-refractivity contribution in [1.82, 2.24) is 4.90 Å². The number of nitrogens with zero attached hydrogens (tertiary/aromatic N) is 1. The third-order valence-electron chi connectivity index (χ3n) is 6.98. The molecule has 0 bridgehead atoms. The van der Waals surface area contributed by atoms with Crippen molar-refractivity contribution >= 4 is 5.91 Å². The molecule has 3 atom stereocenters. The predicted molar refractivity (Wildman–Crippen MR) is 120 cm³/mol. The largest absolute Gasteiger partial charge is 0.504 e. The Kier molecular flexibility index (Phi) is 6.51. The van der Waals surface area contributed by atoms with Crippen molar-refractivity contribution < 1.29 is 19.7 Å². The van der Waals surface area contributed by atoms with Crippen LogP contribution < -0.4 is 4.74 Å². The molecule has 0 spiro atoms. The number of piperidine rings is 1. The molecule has 1 aliphatic carbocycles. The lowest BCUT2D eigenvalue weighted by atomic mass is 9.66. The zero-order valence-electron chi connectivity index (χ0n) is 18.3. The molecular weight excluding hydrogens is 390 g/mol. The smallest absolute Gasteiger partial charge is 0.223 e. The molecule has 2 N–H and O–H groups in total. The maximum Gasteiger partial charge on any atom is 0.223 e. The highest BCUT2D eigenvalue weighted by molar-refractivity contribution is 5.77. The van der Waals surface area contributed by atoms with Crippen LogP contribution in [-0.2, 0) is 11.2 Å². The fraction of sp³-hybridized carbons (Fsp3) is 0.500. The molecule has 3 unspecified atom stereocenters. The van der Waals surface area contributed by atoms with Crippen LogP contribution in [0.5, 0.6) is 11.5 Å². The van der Waals surface area contributed by atoms with Crippen molar-refractivity contribution in [2.45, 2.75) is 63.5 Å². The van der Waals surface area contributed by atoms with E-state index in [0.717, 1.165) is 36.8 Å². The van der Waals surface area contributed by atoms with E-state index >= 15 is 0 Å². The number of hydrogen-bond donors (Lipinski definition) is 2. The molecule has 1 aliphatic heterocycles. The summed E-state index contributed by atoms with van der Waals surface area (Å²) < 4.78 is 5.61. The van der Waals surface area contributed by atoms with Crippen LogP contribution in [0.25, 0.3) is 0 Å². The summed E-state index contributed by atoms with van der Waals surface area (Å²) in [6.45, 7) is 2.89. The molecule has 1 amide bonds. The number of aryl methyl sites for hydroxylation is 1. The summed E-state index contributed by atoms with van der Waals surface area (Å²) in [4.78, 5) is 15.3. The quantitative estimate of drug-likeness (QED) is 0.711. The first-order valence-electron chi connectivity index (χ1n) is 11.5. The van der Waals surface area contributed by atoms with Crippen LogP contribution in [0.1, 0.15) is 62.6 Å². The van der Waals surface area contributed by atoms with E-state index in [0.29, 0.717) is 38.2 Å². The molecule has 2 aliphatic rings. The molecular formula is C26H33NO4.